The molecule has 0 N–H and O–H groups in total. The number of nitrogens with zero attached hydrogens (tertiary/aromatic N) is 3. The number of aromatic nitrogens is 1. The van der Waals surface area contributed by atoms with E-state index in [1.54, 1.807) is 29.3 Å². The predicted molar refractivity (Wildman–Crippen MR) is 87.4 cm³/mol. The number of Topliss-reactive ketones (excluding diaryl/α,β-unsaturated/α-hetero) is 1. The van der Waals surface area contributed by atoms with Crippen molar-refractivity contribution >= 4 is 11.9 Å². The minimum absolute atomic E-state index is 0.0104. The van der Waals surface area contributed by atoms with E-state index in [0.29, 0.717) is 25.3 Å². The molecule has 1 aliphatic heterocycles. The molecule has 0 bridgehead atoms. The fraction of sp³-hybridized carbons (Fsp3) is 0.588. The number of carbonyl (C=O) groups excluding carboxylic acids is 2. The molecule has 0 saturated carbocycles. The number of likely N-dealkylation sites (tertiary alicyclic amines) is 1. The SMILES string of the molecule is CN(CC(=O)c1ccccn1)[C@H]1CCN(C(=O)OC(C)(C)C)C1. The van der Waals surface area contributed by atoms with Gasteiger partial charge in [-0.1, -0.05) is 6.07 Å². The van der Waals surface area contributed by atoms with E-state index in [2.05, 4.69) is 4.98 Å². The van der Waals surface area contributed by atoms with Crippen LogP contribution in [0.15, 0.2) is 24.4 Å². The number of likely N-dealkylation sites (N-methyl/N-ethyl adjacent to an activating group) is 1. The number of carbonyl (C=O) groups is 2. The van der Waals surface area contributed by atoms with Crippen molar-refractivity contribution in [3.8, 4) is 0 Å². The fourth-order valence-electron chi connectivity index (χ4n) is 2.56. The van der Waals surface area contributed by atoms with Crippen LogP contribution in [-0.4, -0.2) is 65.0 Å². The van der Waals surface area contributed by atoms with Crippen LogP contribution in [-0.2, 0) is 4.74 Å². The second-order valence-corrected chi connectivity index (χ2v) is 6.92. The van der Waals surface area contributed by atoms with Crippen LogP contribution in [0, 0.1) is 0 Å². The van der Waals surface area contributed by atoms with Crippen LogP contribution in [0.4, 0.5) is 4.79 Å². The van der Waals surface area contributed by atoms with E-state index in [1.807, 2.05) is 32.7 Å². The van der Waals surface area contributed by atoms with E-state index >= 15 is 0 Å². The number of ketones is 1. The highest BCUT2D eigenvalue weighted by molar-refractivity contribution is 5.95. The van der Waals surface area contributed by atoms with Gasteiger partial charge < -0.3 is 9.64 Å². The lowest BCUT2D eigenvalue weighted by molar-refractivity contribution is 0.0283. The van der Waals surface area contributed by atoms with E-state index < -0.39 is 5.60 Å². The molecule has 23 heavy (non-hydrogen) atoms. The first-order chi connectivity index (χ1) is 10.8. The summed E-state index contributed by atoms with van der Waals surface area (Å²) in [5.41, 5.74) is -0.0166. The van der Waals surface area contributed by atoms with E-state index in [9.17, 15) is 9.59 Å². The van der Waals surface area contributed by atoms with Crippen LogP contribution in [0.5, 0.6) is 0 Å². The molecule has 1 aromatic rings. The Balaban J connectivity index is 1.86. The largest absolute Gasteiger partial charge is 0.444 e. The highest BCUT2D eigenvalue weighted by Crippen LogP contribution is 2.18. The van der Waals surface area contributed by atoms with E-state index in [0.717, 1.165) is 6.42 Å². The first-order valence-corrected chi connectivity index (χ1v) is 7.88. The van der Waals surface area contributed by atoms with Gasteiger partial charge in [0.1, 0.15) is 11.3 Å². The van der Waals surface area contributed by atoms with Crippen molar-refractivity contribution < 1.29 is 14.3 Å². The Morgan fingerprint density at radius 2 is 2.13 bits per heavy atom. The van der Waals surface area contributed by atoms with Crippen molar-refractivity contribution in [3.63, 3.8) is 0 Å². The Hall–Kier alpha value is -1.95. The summed E-state index contributed by atoms with van der Waals surface area (Å²) in [5.74, 6) is -0.0104. The van der Waals surface area contributed by atoms with Crippen molar-refractivity contribution in [2.24, 2.45) is 0 Å². The summed E-state index contributed by atoms with van der Waals surface area (Å²) in [7, 11) is 1.91. The molecule has 2 rings (SSSR count). The predicted octanol–water partition coefficient (Wildman–Crippen LogP) is 2.21. The average molecular weight is 319 g/mol. The molecule has 1 aromatic heterocycles. The summed E-state index contributed by atoms with van der Waals surface area (Å²) in [6, 6.07) is 5.48. The van der Waals surface area contributed by atoms with Gasteiger partial charge in [0.05, 0.1) is 6.54 Å². The molecule has 2 heterocycles. The molecule has 1 fully saturated rings. The van der Waals surface area contributed by atoms with E-state index in [4.69, 9.17) is 4.74 Å². The molecule has 0 radical (unpaired) electrons. The summed E-state index contributed by atoms with van der Waals surface area (Å²) < 4.78 is 5.39. The van der Waals surface area contributed by atoms with Crippen molar-refractivity contribution in [2.75, 3.05) is 26.7 Å². The number of hydrogen-bond acceptors (Lipinski definition) is 5. The standard InChI is InChI=1S/C17H25N3O3/c1-17(2,3)23-16(22)20-10-8-13(11-20)19(4)12-15(21)14-7-5-6-9-18-14/h5-7,9,13H,8,10-12H2,1-4H3/t13-/m0/s1. The smallest absolute Gasteiger partial charge is 0.410 e. The zero-order valence-electron chi connectivity index (χ0n) is 14.3. The van der Waals surface area contributed by atoms with Gasteiger partial charge in [-0.3, -0.25) is 14.7 Å². The van der Waals surface area contributed by atoms with Crippen molar-refractivity contribution in [3.05, 3.63) is 30.1 Å². The molecule has 6 heteroatoms. The third-order valence-electron chi connectivity index (χ3n) is 3.78. The maximum absolute atomic E-state index is 12.2. The number of pyridine rings is 1. The number of amides is 1. The number of hydrogen-bond donors (Lipinski definition) is 0. The molecule has 1 saturated heterocycles. The van der Waals surface area contributed by atoms with Gasteiger partial charge >= 0.3 is 6.09 Å². The van der Waals surface area contributed by atoms with Gasteiger partial charge in [-0.05, 0) is 46.4 Å². The molecular weight excluding hydrogens is 294 g/mol. The highest BCUT2D eigenvalue weighted by atomic mass is 16.6. The van der Waals surface area contributed by atoms with Crippen molar-refractivity contribution in [1.29, 1.82) is 0 Å². The average Bonchev–Trinajstić information content (AvgIpc) is 2.96. The van der Waals surface area contributed by atoms with Gasteiger partial charge in [-0.25, -0.2) is 4.79 Å². The molecule has 0 unspecified atom stereocenters. The van der Waals surface area contributed by atoms with E-state index in [1.165, 1.54) is 0 Å². The lowest BCUT2D eigenvalue weighted by Crippen LogP contribution is -2.40. The molecule has 6 nitrogen and oxygen atoms in total. The normalized spacial score (nSPS) is 18.3. The zero-order chi connectivity index (χ0) is 17.0. The molecule has 1 amide bonds. The monoisotopic (exact) mass is 319 g/mol. The lowest BCUT2D eigenvalue weighted by Gasteiger charge is -2.26. The number of rotatable bonds is 4. The Morgan fingerprint density at radius 1 is 1.39 bits per heavy atom. The second-order valence-electron chi connectivity index (χ2n) is 6.92. The summed E-state index contributed by atoms with van der Waals surface area (Å²) in [5, 5.41) is 0. The first-order valence-electron chi connectivity index (χ1n) is 7.88. The third-order valence-corrected chi connectivity index (χ3v) is 3.78. The van der Waals surface area contributed by atoms with E-state index in [-0.39, 0.29) is 17.9 Å². The quantitative estimate of drug-likeness (QED) is 0.796. The summed E-state index contributed by atoms with van der Waals surface area (Å²) >= 11 is 0. The summed E-state index contributed by atoms with van der Waals surface area (Å²) in [4.78, 5) is 32.1. The maximum atomic E-state index is 12.2. The third kappa shape index (κ3) is 5.03. The lowest BCUT2D eigenvalue weighted by atomic mass is 10.2. The van der Waals surface area contributed by atoms with Gasteiger partial charge in [-0.15, -0.1) is 0 Å². The van der Waals surface area contributed by atoms with Crippen LogP contribution in [0.2, 0.25) is 0 Å². The van der Waals surface area contributed by atoms with Gasteiger partial charge in [0, 0.05) is 25.3 Å². The van der Waals surface area contributed by atoms with Gasteiger partial charge in [0.15, 0.2) is 5.78 Å². The molecule has 1 aliphatic rings. The van der Waals surface area contributed by atoms with Gasteiger partial charge in [0.25, 0.3) is 0 Å². The van der Waals surface area contributed by atoms with Crippen LogP contribution in [0.25, 0.3) is 0 Å². The fourth-order valence-corrected chi connectivity index (χ4v) is 2.56. The van der Waals surface area contributed by atoms with Crippen molar-refractivity contribution in [2.45, 2.75) is 38.8 Å². The van der Waals surface area contributed by atoms with Gasteiger partial charge in [-0.2, -0.15) is 0 Å². The van der Waals surface area contributed by atoms with Crippen LogP contribution < -0.4 is 0 Å². The maximum Gasteiger partial charge on any atom is 0.410 e. The van der Waals surface area contributed by atoms with Crippen LogP contribution in [0.1, 0.15) is 37.7 Å². The minimum atomic E-state index is -0.490. The molecule has 1 atom stereocenters. The summed E-state index contributed by atoms with van der Waals surface area (Å²) in [6.45, 7) is 7.11. The Bertz CT molecular complexity index is 554. The Kier molecular flexibility index (Phi) is 5.36. The van der Waals surface area contributed by atoms with Crippen LogP contribution in [0.3, 0.4) is 0 Å². The topological polar surface area (TPSA) is 62.7 Å². The van der Waals surface area contributed by atoms with Gasteiger partial charge in [0.2, 0.25) is 0 Å². The Morgan fingerprint density at radius 3 is 2.74 bits per heavy atom. The zero-order valence-corrected chi connectivity index (χ0v) is 14.3. The molecule has 0 aliphatic carbocycles. The molecule has 0 aromatic carbocycles. The molecular formula is C17H25N3O3. The van der Waals surface area contributed by atoms with Crippen LogP contribution >= 0.6 is 0 Å². The Labute approximate surface area is 137 Å². The minimum Gasteiger partial charge on any atom is -0.444 e. The molecule has 126 valence electrons. The molecule has 0 spiro atoms. The highest BCUT2D eigenvalue weighted by Gasteiger charge is 2.32. The second kappa shape index (κ2) is 7.08. The van der Waals surface area contributed by atoms with Crippen molar-refractivity contribution in [1.82, 2.24) is 14.8 Å². The first kappa shape index (κ1) is 17.4. The number of ether oxygens (including phenoxy) is 1. The summed E-state index contributed by atoms with van der Waals surface area (Å²) in [6.07, 6.45) is 2.17.